The van der Waals surface area contributed by atoms with Gasteiger partial charge in [0, 0.05) is 43.3 Å². The molecule has 36 heavy (non-hydrogen) atoms. The summed E-state index contributed by atoms with van der Waals surface area (Å²) in [5.74, 6) is 0. The quantitative estimate of drug-likeness (QED) is 0.419. The van der Waals surface area contributed by atoms with E-state index in [1.165, 1.54) is 25.1 Å². The van der Waals surface area contributed by atoms with Crippen molar-refractivity contribution < 1.29 is 4.79 Å². The number of hydrogen-bond donors (Lipinski definition) is 0. The van der Waals surface area contributed by atoms with Crippen molar-refractivity contribution in [3.8, 4) is 17.2 Å². The van der Waals surface area contributed by atoms with Crippen LogP contribution >= 0.6 is 0 Å². The summed E-state index contributed by atoms with van der Waals surface area (Å²) in [6.45, 7) is 8.64. The molecule has 3 aromatic rings. The SMILES string of the molecule is C/C(=C/N(C=O)c1ccc(N2CCN3CCCC3C2)cc1)c1c(C)cccc1-c1ccc(C#N)cc1. The molecular weight excluding hydrogens is 444 g/mol. The average Bonchev–Trinajstić information content (AvgIpc) is 3.40. The van der Waals surface area contributed by atoms with Crippen molar-refractivity contribution >= 4 is 23.4 Å². The first-order chi connectivity index (χ1) is 17.6. The van der Waals surface area contributed by atoms with Crippen LogP contribution < -0.4 is 9.80 Å². The number of carbonyl (C=O) groups is 1. The highest BCUT2D eigenvalue weighted by Crippen LogP contribution is 2.33. The minimum absolute atomic E-state index is 0.640. The van der Waals surface area contributed by atoms with E-state index in [1.807, 2.05) is 55.6 Å². The summed E-state index contributed by atoms with van der Waals surface area (Å²) in [6, 6.07) is 25.0. The van der Waals surface area contributed by atoms with Gasteiger partial charge in [-0.1, -0.05) is 30.3 Å². The van der Waals surface area contributed by atoms with E-state index in [9.17, 15) is 4.79 Å². The Balaban J connectivity index is 1.39. The second-order valence-electron chi connectivity index (χ2n) is 9.81. The zero-order chi connectivity index (χ0) is 25.1. The number of aryl methyl sites for hydroxylation is 1. The van der Waals surface area contributed by atoms with Crippen LogP contribution in [-0.2, 0) is 4.79 Å². The van der Waals surface area contributed by atoms with Crippen molar-refractivity contribution in [1.29, 1.82) is 5.26 Å². The molecule has 1 atom stereocenters. The molecule has 0 radical (unpaired) electrons. The smallest absolute Gasteiger partial charge is 0.218 e. The number of rotatable bonds is 6. The maximum absolute atomic E-state index is 12.1. The van der Waals surface area contributed by atoms with Crippen molar-refractivity contribution in [1.82, 2.24) is 4.90 Å². The van der Waals surface area contributed by atoms with E-state index >= 15 is 0 Å². The molecule has 5 nitrogen and oxygen atoms in total. The summed E-state index contributed by atoms with van der Waals surface area (Å²) >= 11 is 0. The monoisotopic (exact) mass is 476 g/mol. The molecule has 0 aromatic heterocycles. The van der Waals surface area contributed by atoms with E-state index in [4.69, 9.17) is 5.26 Å². The lowest BCUT2D eigenvalue weighted by molar-refractivity contribution is -0.106. The van der Waals surface area contributed by atoms with Gasteiger partial charge in [-0.2, -0.15) is 5.26 Å². The van der Waals surface area contributed by atoms with Crippen LogP contribution in [-0.4, -0.2) is 43.5 Å². The molecule has 1 amide bonds. The minimum Gasteiger partial charge on any atom is -0.369 e. The standard InChI is InChI=1S/C31H32N4O/c1-23-5-3-7-30(26-10-8-25(19-32)9-11-26)31(23)24(2)20-35(22-36)28-14-12-27(13-15-28)34-18-17-33-16-4-6-29(33)21-34/h3,5,7-15,20,22,29H,4,6,16-18,21H2,1-2H3/b24-20-. The molecule has 182 valence electrons. The van der Waals surface area contributed by atoms with Crippen LogP contribution in [0.4, 0.5) is 11.4 Å². The predicted octanol–water partition coefficient (Wildman–Crippen LogP) is 5.84. The molecule has 5 heteroatoms. The van der Waals surface area contributed by atoms with E-state index < -0.39 is 0 Å². The van der Waals surface area contributed by atoms with Gasteiger partial charge in [-0.15, -0.1) is 0 Å². The molecule has 2 aliphatic heterocycles. The zero-order valence-electron chi connectivity index (χ0n) is 21.0. The highest BCUT2D eigenvalue weighted by Gasteiger charge is 2.30. The molecule has 2 heterocycles. The predicted molar refractivity (Wildman–Crippen MR) is 147 cm³/mol. The van der Waals surface area contributed by atoms with Crippen molar-refractivity contribution in [2.24, 2.45) is 0 Å². The highest BCUT2D eigenvalue weighted by molar-refractivity contribution is 5.87. The number of amides is 1. The van der Waals surface area contributed by atoms with Gasteiger partial charge in [0.05, 0.1) is 11.6 Å². The molecule has 0 spiro atoms. The van der Waals surface area contributed by atoms with Crippen molar-refractivity contribution in [2.45, 2.75) is 32.7 Å². The van der Waals surface area contributed by atoms with E-state index in [0.717, 1.165) is 59.6 Å². The Kier molecular flexibility index (Phi) is 6.88. The number of anilines is 2. The van der Waals surface area contributed by atoms with Gasteiger partial charge in [0.1, 0.15) is 0 Å². The Hall–Kier alpha value is -3.88. The van der Waals surface area contributed by atoms with Gasteiger partial charge < -0.3 is 4.90 Å². The van der Waals surface area contributed by atoms with E-state index in [1.54, 1.807) is 4.90 Å². The van der Waals surface area contributed by atoms with Gasteiger partial charge in [-0.3, -0.25) is 14.6 Å². The number of carbonyl (C=O) groups excluding carboxylic acids is 1. The first-order valence-electron chi connectivity index (χ1n) is 12.7. The normalized spacial score (nSPS) is 18.0. The number of allylic oxidation sites excluding steroid dienone is 1. The molecular formula is C31H32N4O. The molecule has 5 rings (SSSR count). The lowest BCUT2D eigenvalue weighted by Gasteiger charge is -2.38. The molecule has 1 unspecified atom stereocenters. The van der Waals surface area contributed by atoms with Crippen LogP contribution in [0.3, 0.4) is 0 Å². The fraction of sp³-hybridized carbons (Fsp3) is 0.290. The van der Waals surface area contributed by atoms with Gasteiger partial charge in [-0.25, -0.2) is 0 Å². The first kappa shape index (κ1) is 23.8. The van der Waals surface area contributed by atoms with Crippen LogP contribution in [0.5, 0.6) is 0 Å². The molecule has 0 saturated carbocycles. The number of benzene rings is 3. The van der Waals surface area contributed by atoms with Crippen LogP contribution in [0.2, 0.25) is 0 Å². The Morgan fingerprint density at radius 1 is 1.03 bits per heavy atom. The number of nitrogens with zero attached hydrogens (tertiary/aromatic N) is 4. The lowest BCUT2D eigenvalue weighted by atomic mass is 9.91. The number of nitriles is 1. The first-order valence-corrected chi connectivity index (χ1v) is 12.7. The van der Waals surface area contributed by atoms with Crippen molar-refractivity contribution in [3.05, 3.63) is 89.6 Å². The Morgan fingerprint density at radius 3 is 2.53 bits per heavy atom. The van der Waals surface area contributed by atoms with Crippen LogP contribution in [0.15, 0.2) is 72.9 Å². The fourth-order valence-electron chi connectivity index (χ4n) is 5.66. The third-order valence-electron chi connectivity index (χ3n) is 7.54. The van der Waals surface area contributed by atoms with E-state index in [0.29, 0.717) is 11.6 Å². The molecule has 0 bridgehead atoms. The maximum atomic E-state index is 12.1. The van der Waals surface area contributed by atoms with Crippen LogP contribution in [0, 0.1) is 18.3 Å². The van der Waals surface area contributed by atoms with Crippen LogP contribution in [0.25, 0.3) is 16.7 Å². The number of fused-ring (bicyclic) bond motifs is 1. The summed E-state index contributed by atoms with van der Waals surface area (Å²) in [5, 5.41) is 9.15. The second kappa shape index (κ2) is 10.4. The maximum Gasteiger partial charge on any atom is 0.218 e. The van der Waals surface area contributed by atoms with Crippen molar-refractivity contribution in [3.63, 3.8) is 0 Å². The summed E-state index contributed by atoms with van der Waals surface area (Å²) in [7, 11) is 0. The molecule has 2 aliphatic rings. The largest absolute Gasteiger partial charge is 0.369 e. The Labute approximate surface area is 213 Å². The topological polar surface area (TPSA) is 50.6 Å². The highest BCUT2D eigenvalue weighted by atomic mass is 16.1. The molecule has 2 saturated heterocycles. The number of hydrogen-bond acceptors (Lipinski definition) is 4. The van der Waals surface area contributed by atoms with E-state index in [2.05, 4.69) is 47.1 Å². The van der Waals surface area contributed by atoms with Gasteiger partial charge >= 0.3 is 0 Å². The zero-order valence-corrected chi connectivity index (χ0v) is 21.0. The minimum atomic E-state index is 0.640. The fourth-order valence-corrected chi connectivity index (χ4v) is 5.66. The molecule has 0 N–H and O–H groups in total. The Bertz CT molecular complexity index is 1300. The summed E-state index contributed by atoms with van der Waals surface area (Å²) in [5.41, 5.74) is 8.07. The Morgan fingerprint density at radius 2 is 1.81 bits per heavy atom. The summed E-state index contributed by atoms with van der Waals surface area (Å²) in [6.07, 6.45) is 5.39. The average molecular weight is 477 g/mol. The molecule has 3 aromatic carbocycles. The van der Waals surface area contributed by atoms with Crippen molar-refractivity contribution in [2.75, 3.05) is 36.0 Å². The molecule has 0 aliphatic carbocycles. The third kappa shape index (κ3) is 4.78. The van der Waals surface area contributed by atoms with Gasteiger partial charge in [0.2, 0.25) is 6.41 Å². The van der Waals surface area contributed by atoms with Gasteiger partial charge in [0.15, 0.2) is 0 Å². The van der Waals surface area contributed by atoms with E-state index in [-0.39, 0.29) is 0 Å². The summed E-state index contributed by atoms with van der Waals surface area (Å²) in [4.78, 5) is 18.9. The van der Waals surface area contributed by atoms with Crippen LogP contribution in [0.1, 0.15) is 36.5 Å². The number of piperazine rings is 1. The van der Waals surface area contributed by atoms with Gasteiger partial charge in [-0.05, 0) is 97.5 Å². The lowest BCUT2D eigenvalue weighted by Crippen LogP contribution is -2.50. The second-order valence-corrected chi connectivity index (χ2v) is 9.81. The third-order valence-corrected chi connectivity index (χ3v) is 7.54. The summed E-state index contributed by atoms with van der Waals surface area (Å²) < 4.78 is 0. The van der Waals surface area contributed by atoms with Gasteiger partial charge in [0.25, 0.3) is 0 Å². The molecule has 2 fully saturated rings.